The molecule has 0 bridgehead atoms. The van der Waals surface area contributed by atoms with E-state index in [4.69, 9.17) is 9.79 Å². The van der Waals surface area contributed by atoms with Crippen molar-refractivity contribution >= 4 is 13.6 Å². The Morgan fingerprint density at radius 2 is 1.80 bits per heavy atom. The minimum atomic E-state index is -4.05. The van der Waals surface area contributed by atoms with Crippen LogP contribution in [0.25, 0.3) is 0 Å². The van der Waals surface area contributed by atoms with E-state index in [1.165, 1.54) is 7.11 Å². The van der Waals surface area contributed by atoms with Crippen LogP contribution in [0.15, 0.2) is 0 Å². The lowest BCUT2D eigenvalue weighted by Gasteiger charge is -2.28. The molecule has 0 radical (unpaired) electrons. The molecule has 0 aliphatic heterocycles. The van der Waals surface area contributed by atoms with Crippen LogP contribution in [-0.4, -0.2) is 29.0 Å². The second-order valence-electron chi connectivity index (χ2n) is 3.62. The zero-order valence-corrected chi connectivity index (χ0v) is 10.3. The molecule has 0 saturated heterocycles. The van der Waals surface area contributed by atoms with Crippen molar-refractivity contribution in [3.05, 3.63) is 0 Å². The van der Waals surface area contributed by atoms with E-state index in [0.717, 1.165) is 0 Å². The van der Waals surface area contributed by atoms with Crippen molar-refractivity contribution in [1.29, 1.82) is 0 Å². The minimum absolute atomic E-state index is 0.164. The normalized spacial score (nSPS) is 12.6. The van der Waals surface area contributed by atoms with Crippen LogP contribution in [0.5, 0.6) is 0 Å². The van der Waals surface area contributed by atoms with Crippen molar-refractivity contribution in [3.8, 4) is 0 Å². The molecule has 0 aliphatic carbocycles. The molecule has 15 heavy (non-hydrogen) atoms. The molecule has 0 aromatic carbocycles. The summed E-state index contributed by atoms with van der Waals surface area (Å²) in [5.41, 5.74) is -0.754. The maximum atomic E-state index is 11.5. The molecule has 0 heterocycles. The standard InChI is InChI=1S/C9H19O5P/c1-4-9(5-2,8(10)14-3)6-7-15(11,12)13/h4-7H2,1-3H3,(H2,11,12,13). The maximum Gasteiger partial charge on any atom is 0.325 e. The van der Waals surface area contributed by atoms with Gasteiger partial charge in [-0.15, -0.1) is 0 Å². The predicted molar refractivity (Wildman–Crippen MR) is 56.6 cm³/mol. The van der Waals surface area contributed by atoms with Crippen molar-refractivity contribution in [2.75, 3.05) is 13.3 Å². The van der Waals surface area contributed by atoms with Gasteiger partial charge in [0.25, 0.3) is 0 Å². The third-order valence-electron chi connectivity index (χ3n) is 2.85. The van der Waals surface area contributed by atoms with Gasteiger partial charge in [0, 0.05) is 0 Å². The summed E-state index contributed by atoms with van der Waals surface area (Å²) in [5.74, 6) is -0.388. The topological polar surface area (TPSA) is 83.8 Å². The highest BCUT2D eigenvalue weighted by molar-refractivity contribution is 7.51. The van der Waals surface area contributed by atoms with Gasteiger partial charge in [-0.2, -0.15) is 0 Å². The number of carbonyl (C=O) groups excluding carboxylic acids is 1. The number of rotatable bonds is 6. The van der Waals surface area contributed by atoms with Gasteiger partial charge in [0.15, 0.2) is 0 Å². The Morgan fingerprint density at radius 3 is 2.07 bits per heavy atom. The van der Waals surface area contributed by atoms with E-state index in [0.29, 0.717) is 12.8 Å². The monoisotopic (exact) mass is 238 g/mol. The summed E-state index contributed by atoms with van der Waals surface area (Å²) in [7, 11) is -2.75. The van der Waals surface area contributed by atoms with E-state index in [2.05, 4.69) is 4.74 Å². The number of hydrogen-bond donors (Lipinski definition) is 2. The maximum absolute atomic E-state index is 11.5. The summed E-state index contributed by atoms with van der Waals surface area (Å²) >= 11 is 0. The molecular weight excluding hydrogens is 219 g/mol. The van der Waals surface area contributed by atoms with Gasteiger partial charge in [-0.1, -0.05) is 13.8 Å². The Bertz CT molecular complexity index is 253. The van der Waals surface area contributed by atoms with Crippen LogP contribution in [0.2, 0.25) is 0 Å². The van der Waals surface area contributed by atoms with E-state index < -0.39 is 13.0 Å². The van der Waals surface area contributed by atoms with Gasteiger partial charge < -0.3 is 14.5 Å². The Morgan fingerprint density at radius 1 is 1.33 bits per heavy atom. The smallest absolute Gasteiger partial charge is 0.325 e. The van der Waals surface area contributed by atoms with Crippen LogP contribution in [0.1, 0.15) is 33.1 Å². The third kappa shape index (κ3) is 4.33. The average Bonchev–Trinajstić information content (AvgIpc) is 2.18. The van der Waals surface area contributed by atoms with Gasteiger partial charge in [0.2, 0.25) is 0 Å². The lowest BCUT2D eigenvalue weighted by molar-refractivity contribution is -0.153. The highest BCUT2D eigenvalue weighted by atomic mass is 31.2. The second-order valence-corrected chi connectivity index (χ2v) is 5.39. The summed E-state index contributed by atoms with van der Waals surface area (Å²) in [5, 5.41) is 0. The van der Waals surface area contributed by atoms with Crippen LogP contribution in [0.3, 0.4) is 0 Å². The summed E-state index contributed by atoms with van der Waals surface area (Å²) in [4.78, 5) is 29.1. The zero-order valence-electron chi connectivity index (χ0n) is 9.39. The third-order valence-corrected chi connectivity index (χ3v) is 3.66. The fourth-order valence-electron chi connectivity index (χ4n) is 1.57. The van der Waals surface area contributed by atoms with Crippen molar-refractivity contribution in [2.45, 2.75) is 33.1 Å². The molecule has 0 atom stereocenters. The molecule has 0 fully saturated rings. The highest BCUT2D eigenvalue weighted by Gasteiger charge is 2.37. The Kier molecular flexibility index (Phi) is 5.49. The van der Waals surface area contributed by atoms with E-state index in [-0.39, 0.29) is 18.6 Å². The zero-order chi connectivity index (χ0) is 12.1. The van der Waals surface area contributed by atoms with Crippen LogP contribution >= 0.6 is 7.60 Å². The van der Waals surface area contributed by atoms with Crippen molar-refractivity contribution in [2.24, 2.45) is 5.41 Å². The van der Waals surface area contributed by atoms with Crippen molar-refractivity contribution in [1.82, 2.24) is 0 Å². The Hall–Kier alpha value is -0.380. The van der Waals surface area contributed by atoms with Crippen LogP contribution in [0, 0.1) is 5.41 Å². The largest absolute Gasteiger partial charge is 0.469 e. The SMILES string of the molecule is CCC(CC)(CCP(=O)(O)O)C(=O)OC. The second kappa shape index (κ2) is 5.64. The molecule has 6 heteroatoms. The van der Waals surface area contributed by atoms with Gasteiger partial charge in [-0.05, 0) is 19.3 Å². The van der Waals surface area contributed by atoms with Crippen molar-refractivity contribution in [3.63, 3.8) is 0 Å². The minimum Gasteiger partial charge on any atom is -0.469 e. The van der Waals surface area contributed by atoms with E-state index in [1.54, 1.807) is 0 Å². The predicted octanol–water partition coefficient (Wildman–Crippen LogP) is 1.53. The summed E-state index contributed by atoms with van der Waals surface area (Å²) in [6.45, 7) is 3.64. The van der Waals surface area contributed by atoms with Crippen LogP contribution in [-0.2, 0) is 14.1 Å². The van der Waals surface area contributed by atoms with Gasteiger partial charge in [0.05, 0.1) is 18.7 Å². The molecule has 90 valence electrons. The van der Waals surface area contributed by atoms with E-state index >= 15 is 0 Å². The first-order valence-electron chi connectivity index (χ1n) is 4.94. The number of esters is 1. The number of hydrogen-bond acceptors (Lipinski definition) is 3. The molecule has 0 amide bonds. The first-order chi connectivity index (χ1) is 6.81. The Labute approximate surface area is 90.0 Å². The van der Waals surface area contributed by atoms with Gasteiger partial charge in [0.1, 0.15) is 0 Å². The molecule has 0 aromatic rings. The molecule has 0 aromatic heterocycles. The molecule has 5 nitrogen and oxygen atoms in total. The average molecular weight is 238 g/mol. The van der Waals surface area contributed by atoms with Gasteiger partial charge >= 0.3 is 13.6 Å². The van der Waals surface area contributed by atoms with Gasteiger partial charge in [-0.25, -0.2) is 0 Å². The van der Waals surface area contributed by atoms with Crippen LogP contribution in [0.4, 0.5) is 0 Å². The van der Waals surface area contributed by atoms with E-state index in [9.17, 15) is 9.36 Å². The highest BCUT2D eigenvalue weighted by Crippen LogP contribution is 2.42. The molecule has 2 N–H and O–H groups in total. The summed E-state index contributed by atoms with van der Waals surface area (Å²) in [6, 6.07) is 0. The quantitative estimate of drug-likeness (QED) is 0.541. The summed E-state index contributed by atoms with van der Waals surface area (Å²) in [6.07, 6.45) is 0.938. The van der Waals surface area contributed by atoms with Crippen LogP contribution < -0.4 is 0 Å². The lowest BCUT2D eigenvalue weighted by atomic mass is 9.80. The number of methoxy groups -OCH3 is 1. The molecule has 0 unspecified atom stereocenters. The molecule has 0 aliphatic rings. The summed E-state index contributed by atoms with van der Waals surface area (Å²) < 4.78 is 15.4. The number of ether oxygens (including phenoxy) is 1. The first-order valence-corrected chi connectivity index (χ1v) is 6.74. The molecular formula is C9H19O5P. The first kappa shape index (κ1) is 14.6. The molecule has 0 spiro atoms. The fourth-order valence-corrected chi connectivity index (χ4v) is 2.29. The number of carbonyl (C=O) groups is 1. The van der Waals surface area contributed by atoms with Gasteiger partial charge in [-0.3, -0.25) is 9.36 Å². The fraction of sp³-hybridized carbons (Fsp3) is 0.889. The Balaban J connectivity index is 4.65. The van der Waals surface area contributed by atoms with E-state index in [1.807, 2.05) is 13.8 Å². The molecule has 0 rings (SSSR count). The van der Waals surface area contributed by atoms with Crippen molar-refractivity contribution < 1.29 is 23.9 Å². The molecule has 0 saturated carbocycles. The lowest BCUT2D eigenvalue weighted by Crippen LogP contribution is -2.32.